The normalized spacial score (nSPS) is 9.37. The summed E-state index contributed by atoms with van der Waals surface area (Å²) in [6.45, 7) is 0. The van der Waals surface area contributed by atoms with E-state index in [0.717, 1.165) is 0 Å². The molecule has 0 radical (unpaired) electrons. The van der Waals surface area contributed by atoms with Crippen LogP contribution in [0.3, 0.4) is 0 Å². The number of nitrogens with one attached hydrogen (secondary N) is 1. The zero-order chi connectivity index (χ0) is 13.8. The highest BCUT2D eigenvalue weighted by Gasteiger charge is 2.09. The number of furan rings is 1. The zero-order valence-electron chi connectivity index (χ0n) is 9.54. The summed E-state index contributed by atoms with van der Waals surface area (Å²) in [5.74, 6) is -1.10. The average Bonchev–Trinajstić information content (AvgIpc) is 2.87. The molecule has 0 aliphatic rings. The Morgan fingerprint density at radius 1 is 1.16 bits per heavy atom. The van der Waals surface area contributed by atoms with Gasteiger partial charge in [0.1, 0.15) is 12.1 Å². The van der Waals surface area contributed by atoms with E-state index in [0.29, 0.717) is 5.69 Å². The number of nitrogens with zero attached hydrogens (tertiary/aromatic N) is 2. The summed E-state index contributed by atoms with van der Waals surface area (Å²) < 4.78 is 5.02. The van der Waals surface area contributed by atoms with Gasteiger partial charge in [0.15, 0.2) is 5.88 Å². The lowest BCUT2D eigenvalue weighted by molar-refractivity contribution is 0.0663. The molecule has 1 aromatic carbocycles. The highest BCUT2D eigenvalue weighted by molar-refractivity contribution is 5.85. The third kappa shape index (κ3) is 2.54. The van der Waals surface area contributed by atoms with Gasteiger partial charge in [-0.2, -0.15) is 10.5 Å². The molecule has 0 saturated carbocycles. The van der Waals surface area contributed by atoms with Crippen molar-refractivity contribution in [2.75, 3.05) is 5.32 Å². The van der Waals surface area contributed by atoms with Crippen molar-refractivity contribution in [2.24, 2.45) is 0 Å². The maximum Gasteiger partial charge on any atom is 0.371 e. The first-order chi connectivity index (χ1) is 9.13. The standard InChI is InChI=1S/C13H7N3O3/c14-6-8-1-2-10(5-9(8)7-15)16-12-4-3-11(19-12)13(17)18/h1-5,16H,(H,17,18). The molecule has 0 aliphatic carbocycles. The lowest BCUT2D eigenvalue weighted by Gasteiger charge is -2.03. The molecule has 2 aromatic rings. The van der Waals surface area contributed by atoms with E-state index in [1.807, 2.05) is 12.1 Å². The number of nitriles is 2. The van der Waals surface area contributed by atoms with Crippen molar-refractivity contribution in [3.8, 4) is 12.1 Å². The maximum atomic E-state index is 10.7. The number of rotatable bonds is 3. The molecule has 0 amide bonds. The van der Waals surface area contributed by atoms with Gasteiger partial charge in [-0.15, -0.1) is 0 Å². The lowest BCUT2D eigenvalue weighted by Crippen LogP contribution is -1.93. The average molecular weight is 253 g/mol. The monoisotopic (exact) mass is 253 g/mol. The van der Waals surface area contributed by atoms with Gasteiger partial charge in [0.2, 0.25) is 5.76 Å². The van der Waals surface area contributed by atoms with Crippen LogP contribution in [0.2, 0.25) is 0 Å². The van der Waals surface area contributed by atoms with Gasteiger partial charge in [-0.05, 0) is 24.3 Å². The minimum Gasteiger partial charge on any atom is -0.475 e. The summed E-state index contributed by atoms with van der Waals surface area (Å²) in [4.78, 5) is 10.7. The number of aromatic carboxylic acids is 1. The molecule has 19 heavy (non-hydrogen) atoms. The van der Waals surface area contributed by atoms with E-state index < -0.39 is 5.97 Å². The number of carboxylic acid groups (broad SMARTS) is 1. The fraction of sp³-hybridized carbons (Fsp3) is 0. The number of hydrogen-bond donors (Lipinski definition) is 2. The molecule has 0 fully saturated rings. The van der Waals surface area contributed by atoms with Crippen LogP contribution in [0.4, 0.5) is 11.6 Å². The molecule has 2 N–H and O–H groups in total. The molecule has 0 aliphatic heterocycles. The molecule has 6 heteroatoms. The Labute approximate surface area is 108 Å². The van der Waals surface area contributed by atoms with E-state index in [4.69, 9.17) is 20.0 Å². The van der Waals surface area contributed by atoms with Crippen LogP contribution in [0.5, 0.6) is 0 Å². The second-order valence-corrected chi connectivity index (χ2v) is 3.58. The molecule has 1 aromatic heterocycles. The van der Waals surface area contributed by atoms with Crippen LogP contribution in [-0.4, -0.2) is 11.1 Å². The van der Waals surface area contributed by atoms with Crippen LogP contribution in [0.1, 0.15) is 21.7 Å². The Hall–Kier alpha value is -3.25. The first-order valence-electron chi connectivity index (χ1n) is 5.18. The fourth-order valence-corrected chi connectivity index (χ4v) is 1.47. The van der Waals surface area contributed by atoms with Crippen molar-refractivity contribution < 1.29 is 14.3 Å². The molecular weight excluding hydrogens is 246 g/mol. The fourth-order valence-electron chi connectivity index (χ4n) is 1.47. The predicted octanol–water partition coefficient (Wildman–Crippen LogP) is 2.46. The minimum atomic E-state index is -1.16. The van der Waals surface area contributed by atoms with E-state index in [1.54, 1.807) is 6.07 Å². The molecule has 0 bridgehead atoms. The smallest absolute Gasteiger partial charge is 0.371 e. The lowest BCUT2D eigenvalue weighted by atomic mass is 10.1. The number of anilines is 2. The molecule has 0 unspecified atom stereocenters. The molecule has 0 spiro atoms. The molecular formula is C13H7N3O3. The van der Waals surface area contributed by atoms with Crippen LogP contribution in [0.25, 0.3) is 0 Å². The summed E-state index contributed by atoms with van der Waals surface area (Å²) in [7, 11) is 0. The van der Waals surface area contributed by atoms with Crippen molar-refractivity contribution in [3.05, 3.63) is 47.2 Å². The molecule has 92 valence electrons. The minimum absolute atomic E-state index is 0.184. The first kappa shape index (κ1) is 12.2. The second kappa shape index (κ2) is 4.94. The van der Waals surface area contributed by atoms with Crippen LogP contribution in [-0.2, 0) is 0 Å². The van der Waals surface area contributed by atoms with Gasteiger partial charge < -0.3 is 14.8 Å². The number of benzene rings is 1. The first-order valence-corrected chi connectivity index (χ1v) is 5.18. The highest BCUT2D eigenvalue weighted by Crippen LogP contribution is 2.21. The number of carboxylic acids is 1. The summed E-state index contributed by atoms with van der Waals surface area (Å²) in [5.41, 5.74) is 1.04. The van der Waals surface area contributed by atoms with Crippen molar-refractivity contribution in [3.63, 3.8) is 0 Å². The quantitative estimate of drug-likeness (QED) is 0.869. The Kier molecular flexibility index (Phi) is 3.18. The zero-order valence-corrected chi connectivity index (χ0v) is 9.54. The molecule has 0 atom stereocenters. The van der Waals surface area contributed by atoms with Gasteiger partial charge in [-0.1, -0.05) is 0 Å². The van der Waals surface area contributed by atoms with Gasteiger partial charge in [0.05, 0.1) is 11.1 Å². The summed E-state index contributed by atoms with van der Waals surface area (Å²) in [5, 5.41) is 29.2. The van der Waals surface area contributed by atoms with Crippen molar-refractivity contribution in [2.45, 2.75) is 0 Å². The van der Waals surface area contributed by atoms with E-state index in [1.165, 1.54) is 24.3 Å². The van der Waals surface area contributed by atoms with Crippen LogP contribution >= 0.6 is 0 Å². The van der Waals surface area contributed by atoms with Crippen molar-refractivity contribution >= 4 is 17.5 Å². The summed E-state index contributed by atoms with van der Waals surface area (Å²) >= 11 is 0. The maximum absolute atomic E-state index is 10.7. The Morgan fingerprint density at radius 3 is 2.47 bits per heavy atom. The Morgan fingerprint density at radius 2 is 1.89 bits per heavy atom. The topological polar surface area (TPSA) is 110 Å². The van der Waals surface area contributed by atoms with Crippen molar-refractivity contribution in [1.29, 1.82) is 10.5 Å². The number of hydrogen-bond acceptors (Lipinski definition) is 5. The van der Waals surface area contributed by atoms with Gasteiger partial charge in [0.25, 0.3) is 0 Å². The molecule has 0 saturated heterocycles. The predicted molar refractivity (Wildman–Crippen MR) is 64.8 cm³/mol. The molecule has 1 heterocycles. The van der Waals surface area contributed by atoms with Gasteiger partial charge in [-0.25, -0.2) is 4.79 Å². The van der Waals surface area contributed by atoms with E-state index in [9.17, 15) is 4.79 Å². The Balaban J connectivity index is 2.26. The second-order valence-electron chi connectivity index (χ2n) is 3.58. The molecule has 2 rings (SSSR count). The highest BCUT2D eigenvalue weighted by atomic mass is 16.4. The van der Waals surface area contributed by atoms with Crippen LogP contribution in [0.15, 0.2) is 34.7 Å². The van der Waals surface area contributed by atoms with E-state index in [2.05, 4.69) is 5.32 Å². The summed E-state index contributed by atoms with van der Waals surface area (Å²) in [6, 6.07) is 11.2. The summed E-state index contributed by atoms with van der Waals surface area (Å²) in [6.07, 6.45) is 0. The third-order valence-electron chi connectivity index (χ3n) is 2.34. The van der Waals surface area contributed by atoms with Crippen LogP contribution in [0, 0.1) is 22.7 Å². The SMILES string of the molecule is N#Cc1ccc(Nc2ccc(C(=O)O)o2)cc1C#N. The molecule has 6 nitrogen and oxygen atoms in total. The van der Waals surface area contributed by atoms with Gasteiger partial charge >= 0.3 is 5.97 Å². The largest absolute Gasteiger partial charge is 0.475 e. The van der Waals surface area contributed by atoms with Crippen molar-refractivity contribution in [1.82, 2.24) is 0 Å². The number of carbonyl (C=O) groups is 1. The third-order valence-corrected chi connectivity index (χ3v) is 2.34. The van der Waals surface area contributed by atoms with E-state index >= 15 is 0 Å². The van der Waals surface area contributed by atoms with Gasteiger partial charge in [-0.3, -0.25) is 0 Å². The van der Waals surface area contributed by atoms with E-state index in [-0.39, 0.29) is 22.8 Å². The Bertz CT molecular complexity index is 719. The van der Waals surface area contributed by atoms with Gasteiger partial charge in [0, 0.05) is 11.8 Å². The van der Waals surface area contributed by atoms with Crippen LogP contribution < -0.4 is 5.32 Å².